The van der Waals surface area contributed by atoms with Gasteiger partial charge in [-0.1, -0.05) is 6.42 Å². The number of carboxylic acid groups (broad SMARTS) is 1. The molecule has 0 radical (unpaired) electrons. The first-order valence-corrected chi connectivity index (χ1v) is 6.35. The minimum absolute atomic E-state index is 0.441. The summed E-state index contributed by atoms with van der Waals surface area (Å²) >= 11 is 0. The fourth-order valence-corrected chi connectivity index (χ4v) is 2.47. The number of aryl methyl sites for hydroxylation is 1. The summed E-state index contributed by atoms with van der Waals surface area (Å²) in [5.74, 6) is -0.377. The number of aromatic nitrogens is 3. The topological polar surface area (TPSA) is 78.9 Å². The van der Waals surface area contributed by atoms with E-state index in [2.05, 4.69) is 15.0 Å². The Hall–Kier alpha value is -2.17. The van der Waals surface area contributed by atoms with Crippen molar-refractivity contribution in [3.63, 3.8) is 0 Å². The van der Waals surface area contributed by atoms with Crippen LogP contribution in [0.4, 0.5) is 0 Å². The first kappa shape index (κ1) is 11.9. The number of aromatic amines is 1. The standard InChI is InChI=1S/C14H15N3O2/c1-9-8-11(10-4-2-7-15-10)17-12(16-9)14(13(18)19)5-3-6-14/h2,4,7-8,15H,3,5-6H2,1H3,(H,18,19). The Bertz CT molecular complexity index is 616. The van der Waals surface area contributed by atoms with Gasteiger partial charge in [0.15, 0.2) is 0 Å². The van der Waals surface area contributed by atoms with Gasteiger partial charge in [-0.2, -0.15) is 0 Å². The maximum atomic E-state index is 11.5. The molecule has 0 amide bonds. The number of hydrogen-bond acceptors (Lipinski definition) is 3. The molecule has 0 bridgehead atoms. The number of nitrogens with one attached hydrogen (secondary N) is 1. The molecular formula is C14H15N3O2. The highest BCUT2D eigenvalue weighted by atomic mass is 16.4. The molecular weight excluding hydrogens is 242 g/mol. The summed E-state index contributed by atoms with van der Waals surface area (Å²) < 4.78 is 0. The summed E-state index contributed by atoms with van der Waals surface area (Å²) in [4.78, 5) is 23.4. The molecule has 1 aliphatic rings. The largest absolute Gasteiger partial charge is 0.480 e. The number of H-pyrrole nitrogens is 1. The molecule has 2 aromatic rings. The average molecular weight is 257 g/mol. The highest BCUT2D eigenvalue weighted by Crippen LogP contribution is 2.42. The SMILES string of the molecule is Cc1cc(-c2ccc[nH]2)nc(C2(C(=O)O)CCC2)n1. The molecule has 0 saturated heterocycles. The van der Waals surface area contributed by atoms with Gasteiger partial charge in [0.25, 0.3) is 0 Å². The zero-order chi connectivity index (χ0) is 13.5. The summed E-state index contributed by atoms with van der Waals surface area (Å²) in [5.41, 5.74) is 1.54. The number of rotatable bonds is 3. The average Bonchev–Trinajstić information content (AvgIpc) is 2.79. The van der Waals surface area contributed by atoms with E-state index in [1.807, 2.05) is 31.3 Å². The van der Waals surface area contributed by atoms with Gasteiger partial charge in [-0.25, -0.2) is 9.97 Å². The van der Waals surface area contributed by atoms with Crippen molar-refractivity contribution in [2.45, 2.75) is 31.6 Å². The lowest BCUT2D eigenvalue weighted by Gasteiger charge is -2.36. The highest BCUT2D eigenvalue weighted by Gasteiger charge is 2.48. The lowest BCUT2D eigenvalue weighted by atomic mass is 9.68. The predicted octanol–water partition coefficient (Wildman–Crippen LogP) is 2.29. The molecule has 0 aromatic carbocycles. The van der Waals surface area contributed by atoms with E-state index >= 15 is 0 Å². The Balaban J connectivity index is 2.10. The lowest BCUT2D eigenvalue weighted by molar-refractivity contribution is -0.147. The Morgan fingerprint density at radius 3 is 2.74 bits per heavy atom. The minimum Gasteiger partial charge on any atom is -0.480 e. The Morgan fingerprint density at radius 2 is 2.21 bits per heavy atom. The van der Waals surface area contributed by atoms with Crippen LogP contribution >= 0.6 is 0 Å². The smallest absolute Gasteiger partial charge is 0.317 e. The predicted molar refractivity (Wildman–Crippen MR) is 69.7 cm³/mol. The van der Waals surface area contributed by atoms with E-state index in [-0.39, 0.29) is 0 Å². The summed E-state index contributed by atoms with van der Waals surface area (Å²) in [5, 5.41) is 9.46. The van der Waals surface area contributed by atoms with E-state index in [1.54, 1.807) is 0 Å². The summed E-state index contributed by atoms with van der Waals surface area (Å²) in [6, 6.07) is 5.67. The van der Waals surface area contributed by atoms with Crippen LogP contribution in [-0.2, 0) is 10.2 Å². The third-order valence-corrected chi connectivity index (χ3v) is 3.77. The van der Waals surface area contributed by atoms with Gasteiger partial charge in [0, 0.05) is 11.9 Å². The van der Waals surface area contributed by atoms with E-state index in [1.165, 1.54) is 0 Å². The van der Waals surface area contributed by atoms with Crippen LogP contribution in [0.25, 0.3) is 11.4 Å². The first-order chi connectivity index (χ1) is 9.12. The number of carbonyl (C=O) groups is 1. The Kier molecular flexibility index (Phi) is 2.62. The van der Waals surface area contributed by atoms with Crippen LogP contribution in [0, 0.1) is 6.92 Å². The highest BCUT2D eigenvalue weighted by molar-refractivity contribution is 5.81. The molecule has 1 saturated carbocycles. The van der Waals surface area contributed by atoms with Crippen molar-refractivity contribution in [2.24, 2.45) is 0 Å². The zero-order valence-corrected chi connectivity index (χ0v) is 10.7. The van der Waals surface area contributed by atoms with Crippen molar-refractivity contribution in [1.29, 1.82) is 0 Å². The van der Waals surface area contributed by atoms with Gasteiger partial charge in [-0.3, -0.25) is 4.79 Å². The molecule has 2 aromatic heterocycles. The maximum absolute atomic E-state index is 11.5. The molecule has 19 heavy (non-hydrogen) atoms. The lowest BCUT2D eigenvalue weighted by Crippen LogP contribution is -2.44. The molecule has 0 atom stereocenters. The van der Waals surface area contributed by atoms with E-state index in [9.17, 15) is 9.90 Å². The third-order valence-electron chi connectivity index (χ3n) is 3.77. The molecule has 2 N–H and O–H groups in total. The van der Waals surface area contributed by atoms with Gasteiger partial charge < -0.3 is 10.1 Å². The number of carboxylic acids is 1. The fraction of sp³-hybridized carbons (Fsp3) is 0.357. The van der Waals surface area contributed by atoms with Crippen molar-refractivity contribution >= 4 is 5.97 Å². The number of aliphatic carboxylic acids is 1. The molecule has 98 valence electrons. The van der Waals surface area contributed by atoms with Gasteiger partial charge in [0.1, 0.15) is 11.2 Å². The van der Waals surface area contributed by atoms with Gasteiger partial charge in [0.2, 0.25) is 0 Å². The summed E-state index contributed by atoms with van der Waals surface area (Å²) in [7, 11) is 0. The number of hydrogen-bond donors (Lipinski definition) is 2. The van der Waals surface area contributed by atoms with Crippen molar-refractivity contribution in [3.05, 3.63) is 35.9 Å². The number of nitrogens with zero attached hydrogens (tertiary/aromatic N) is 2. The molecule has 3 rings (SSSR count). The molecule has 5 heteroatoms. The second-order valence-corrected chi connectivity index (χ2v) is 5.04. The molecule has 0 spiro atoms. The van der Waals surface area contributed by atoms with E-state index in [0.717, 1.165) is 23.5 Å². The fourth-order valence-electron chi connectivity index (χ4n) is 2.47. The van der Waals surface area contributed by atoms with Gasteiger partial charge in [-0.05, 0) is 38.0 Å². The second-order valence-electron chi connectivity index (χ2n) is 5.04. The molecule has 0 aliphatic heterocycles. The van der Waals surface area contributed by atoms with Gasteiger partial charge in [0.05, 0.1) is 11.4 Å². The van der Waals surface area contributed by atoms with Crippen LogP contribution in [0.2, 0.25) is 0 Å². The quantitative estimate of drug-likeness (QED) is 0.884. The van der Waals surface area contributed by atoms with Crippen LogP contribution in [-0.4, -0.2) is 26.0 Å². The first-order valence-electron chi connectivity index (χ1n) is 6.35. The van der Waals surface area contributed by atoms with Crippen molar-refractivity contribution in [3.8, 4) is 11.4 Å². The molecule has 5 nitrogen and oxygen atoms in total. The van der Waals surface area contributed by atoms with E-state index in [4.69, 9.17) is 0 Å². The summed E-state index contributed by atoms with van der Waals surface area (Å²) in [6.45, 7) is 1.87. The monoisotopic (exact) mass is 257 g/mol. The molecule has 0 unspecified atom stereocenters. The Labute approximate surface area is 110 Å². The molecule has 2 heterocycles. The van der Waals surface area contributed by atoms with Crippen LogP contribution < -0.4 is 0 Å². The van der Waals surface area contributed by atoms with Gasteiger partial charge >= 0.3 is 5.97 Å². The van der Waals surface area contributed by atoms with Gasteiger partial charge in [-0.15, -0.1) is 0 Å². The summed E-state index contributed by atoms with van der Waals surface area (Å²) in [6.07, 6.45) is 3.98. The molecule has 1 aliphatic carbocycles. The normalized spacial score (nSPS) is 16.9. The van der Waals surface area contributed by atoms with E-state index < -0.39 is 11.4 Å². The Morgan fingerprint density at radius 1 is 1.42 bits per heavy atom. The van der Waals surface area contributed by atoms with E-state index in [0.29, 0.717) is 18.7 Å². The van der Waals surface area contributed by atoms with Crippen LogP contribution in [0.15, 0.2) is 24.4 Å². The zero-order valence-electron chi connectivity index (χ0n) is 10.7. The minimum atomic E-state index is -0.882. The van der Waals surface area contributed by atoms with Crippen LogP contribution in [0.3, 0.4) is 0 Å². The van der Waals surface area contributed by atoms with Crippen molar-refractivity contribution in [2.75, 3.05) is 0 Å². The van der Waals surface area contributed by atoms with Crippen LogP contribution in [0.1, 0.15) is 30.8 Å². The molecule has 1 fully saturated rings. The third kappa shape index (κ3) is 1.82. The second kappa shape index (κ2) is 4.19. The van der Waals surface area contributed by atoms with Crippen LogP contribution in [0.5, 0.6) is 0 Å². The van der Waals surface area contributed by atoms with Crippen molar-refractivity contribution in [1.82, 2.24) is 15.0 Å². The van der Waals surface area contributed by atoms with Crippen molar-refractivity contribution < 1.29 is 9.90 Å². The maximum Gasteiger partial charge on any atom is 0.317 e.